The Balaban J connectivity index is 1.21. The van der Waals surface area contributed by atoms with Crippen LogP contribution in [0.25, 0.3) is 6.08 Å². The summed E-state index contributed by atoms with van der Waals surface area (Å²) in [6.07, 6.45) is -0.677. The van der Waals surface area contributed by atoms with Gasteiger partial charge >= 0.3 is 6.36 Å². The average Bonchev–Trinajstić information content (AvgIpc) is 3.39. The van der Waals surface area contributed by atoms with E-state index < -0.39 is 47.2 Å². The first-order valence-corrected chi connectivity index (χ1v) is 15.7. The predicted molar refractivity (Wildman–Crippen MR) is 165 cm³/mol. The molecule has 2 aliphatic carbocycles. The standard InChI is InChI=1S/C36H34F3N3O5/c1-41(30(44)13-10-23-8-5-9-26(18-23)47-36(37,38)39)27-14-16-35(45)29-19-24-11-12-28(43)32-31(24)34(35,33(27)46-32)20-25(21-40)42(29)17-15-22-6-3-2-4-7-22/h2-13,18,25,27,29,33,43,45H,14-17,19-20H2,1H3/t25?,27-,29-,33+,34+,35-/m1/s1. The fourth-order valence-corrected chi connectivity index (χ4v) is 8.63. The fraction of sp³-hybridized carbons (Fsp3) is 0.389. The van der Waals surface area contributed by atoms with Gasteiger partial charge in [0.2, 0.25) is 5.91 Å². The van der Waals surface area contributed by atoms with E-state index >= 15 is 0 Å². The number of nitrogens with zero attached hydrogens (tertiary/aromatic N) is 3. The Morgan fingerprint density at radius 2 is 1.98 bits per heavy atom. The Morgan fingerprint density at radius 3 is 2.72 bits per heavy atom. The minimum Gasteiger partial charge on any atom is -0.504 e. The summed E-state index contributed by atoms with van der Waals surface area (Å²) in [6.45, 7) is 0.582. The molecule has 11 heteroatoms. The van der Waals surface area contributed by atoms with Crippen molar-refractivity contribution >= 4 is 12.0 Å². The number of hydrogen-bond donors (Lipinski definition) is 2. The van der Waals surface area contributed by atoms with Gasteiger partial charge in [-0.25, -0.2) is 0 Å². The van der Waals surface area contributed by atoms with Gasteiger partial charge in [-0.1, -0.05) is 48.5 Å². The molecule has 4 aliphatic rings. The number of alkyl halides is 3. The molecule has 3 aromatic rings. The molecule has 3 aromatic carbocycles. The minimum atomic E-state index is -4.84. The lowest BCUT2D eigenvalue weighted by molar-refractivity contribution is -0.274. The van der Waals surface area contributed by atoms with Crippen molar-refractivity contribution in [1.29, 1.82) is 5.26 Å². The number of rotatable bonds is 7. The number of nitriles is 1. The second-order valence-corrected chi connectivity index (χ2v) is 12.9. The highest BCUT2D eigenvalue weighted by atomic mass is 19.4. The van der Waals surface area contributed by atoms with Crippen molar-refractivity contribution in [3.8, 4) is 23.3 Å². The molecule has 2 N–H and O–H groups in total. The van der Waals surface area contributed by atoms with Crippen LogP contribution in [0.5, 0.6) is 17.2 Å². The number of phenols is 1. The van der Waals surface area contributed by atoms with Crippen molar-refractivity contribution in [3.63, 3.8) is 0 Å². The highest BCUT2D eigenvalue weighted by Gasteiger charge is 2.74. The van der Waals surface area contributed by atoms with Crippen molar-refractivity contribution in [2.45, 2.75) is 73.7 Å². The average molecular weight is 646 g/mol. The van der Waals surface area contributed by atoms with Crippen LogP contribution in [0.1, 0.15) is 41.5 Å². The lowest BCUT2D eigenvalue weighted by Crippen LogP contribution is -2.79. The predicted octanol–water partition coefficient (Wildman–Crippen LogP) is 5.12. The van der Waals surface area contributed by atoms with E-state index in [9.17, 15) is 33.4 Å². The molecule has 1 unspecified atom stereocenters. The maximum atomic E-state index is 13.6. The summed E-state index contributed by atoms with van der Waals surface area (Å²) in [4.78, 5) is 17.2. The summed E-state index contributed by atoms with van der Waals surface area (Å²) in [7, 11) is 1.63. The first kappa shape index (κ1) is 31.1. The molecule has 1 saturated carbocycles. The normalized spacial score (nSPS) is 29.1. The van der Waals surface area contributed by atoms with Crippen LogP contribution >= 0.6 is 0 Å². The Kier molecular flexibility index (Phi) is 7.49. The number of likely N-dealkylation sites (tertiary alicyclic amines) is 1. The van der Waals surface area contributed by atoms with Crippen LogP contribution in [0, 0.1) is 11.3 Å². The van der Waals surface area contributed by atoms with Gasteiger partial charge in [0.05, 0.1) is 29.2 Å². The molecule has 7 rings (SSSR count). The minimum absolute atomic E-state index is 0.0538. The van der Waals surface area contributed by atoms with Crippen molar-refractivity contribution in [3.05, 3.63) is 95.1 Å². The number of benzene rings is 3. The molecule has 244 valence electrons. The molecule has 0 radical (unpaired) electrons. The van der Waals surface area contributed by atoms with Gasteiger partial charge in [0.15, 0.2) is 11.5 Å². The maximum absolute atomic E-state index is 13.6. The zero-order chi connectivity index (χ0) is 33.1. The third-order valence-corrected chi connectivity index (χ3v) is 10.6. The van der Waals surface area contributed by atoms with Crippen molar-refractivity contribution in [2.75, 3.05) is 13.6 Å². The second kappa shape index (κ2) is 11.3. The Hall–Kier alpha value is -4.53. The molecule has 1 amide bonds. The Bertz CT molecular complexity index is 1780. The maximum Gasteiger partial charge on any atom is 0.573 e. The van der Waals surface area contributed by atoms with Crippen LogP contribution in [-0.2, 0) is 23.1 Å². The number of hydrogen-bond acceptors (Lipinski definition) is 7. The fourth-order valence-electron chi connectivity index (χ4n) is 8.63. The van der Waals surface area contributed by atoms with Crippen LogP contribution < -0.4 is 9.47 Å². The number of amides is 1. The lowest BCUT2D eigenvalue weighted by Gasteiger charge is -2.65. The zero-order valence-corrected chi connectivity index (χ0v) is 25.7. The summed E-state index contributed by atoms with van der Waals surface area (Å²) < 4.78 is 48.7. The SMILES string of the molecule is CN(C(=O)C=Cc1cccc(OC(F)(F)F)c1)[C@@H]1CC[C@@]2(O)[C@H]3Cc4ccc(O)c5c4[C@@]2(CC(C#N)N3CCc2ccccc2)[C@H]1O5. The molecule has 0 aromatic heterocycles. The highest BCUT2D eigenvalue weighted by molar-refractivity contribution is 5.92. The van der Waals surface area contributed by atoms with Gasteiger partial charge in [0, 0.05) is 31.3 Å². The van der Waals surface area contributed by atoms with E-state index in [1.165, 1.54) is 35.3 Å². The lowest BCUT2D eigenvalue weighted by atomic mass is 9.47. The van der Waals surface area contributed by atoms with Gasteiger partial charge in [-0.3, -0.25) is 9.69 Å². The van der Waals surface area contributed by atoms with Gasteiger partial charge in [-0.05, 0) is 73.1 Å². The van der Waals surface area contributed by atoms with E-state index in [-0.39, 0.29) is 18.2 Å². The third kappa shape index (κ3) is 5.02. The number of carbonyl (C=O) groups is 1. The topological polar surface area (TPSA) is 106 Å². The van der Waals surface area contributed by atoms with E-state index in [4.69, 9.17) is 4.74 Å². The van der Waals surface area contributed by atoms with Crippen LogP contribution in [0.15, 0.2) is 72.8 Å². The number of aromatic hydroxyl groups is 1. The summed E-state index contributed by atoms with van der Waals surface area (Å²) >= 11 is 0. The van der Waals surface area contributed by atoms with Gasteiger partial charge in [-0.2, -0.15) is 5.26 Å². The zero-order valence-electron chi connectivity index (χ0n) is 25.7. The van der Waals surface area contributed by atoms with Crippen LogP contribution in [0.4, 0.5) is 13.2 Å². The van der Waals surface area contributed by atoms with Crippen molar-refractivity contribution in [2.24, 2.45) is 0 Å². The van der Waals surface area contributed by atoms with Gasteiger partial charge in [-0.15, -0.1) is 13.2 Å². The quantitative estimate of drug-likeness (QED) is 0.344. The first-order chi connectivity index (χ1) is 22.4. The number of phenolic OH excluding ortho intramolecular Hbond substituents is 1. The smallest absolute Gasteiger partial charge is 0.504 e. The van der Waals surface area contributed by atoms with E-state index in [1.54, 1.807) is 19.2 Å². The third-order valence-electron chi connectivity index (χ3n) is 10.6. The second-order valence-electron chi connectivity index (χ2n) is 12.9. The van der Waals surface area contributed by atoms with Gasteiger partial charge in [0.1, 0.15) is 11.9 Å². The molecule has 2 heterocycles. The molecule has 47 heavy (non-hydrogen) atoms. The largest absolute Gasteiger partial charge is 0.573 e. The summed E-state index contributed by atoms with van der Waals surface area (Å²) in [5, 5.41) is 34.3. The summed E-state index contributed by atoms with van der Waals surface area (Å²) in [5.74, 6) is -0.564. The molecular formula is C36H34F3N3O5. The molecule has 2 fully saturated rings. The monoisotopic (exact) mass is 645 g/mol. The van der Waals surface area contributed by atoms with E-state index in [1.807, 2.05) is 36.4 Å². The van der Waals surface area contributed by atoms with Crippen LogP contribution in [-0.4, -0.2) is 75.7 Å². The first-order valence-electron chi connectivity index (χ1n) is 15.7. The van der Waals surface area contributed by atoms with Gasteiger partial charge < -0.3 is 24.6 Å². The molecule has 8 nitrogen and oxygen atoms in total. The number of carbonyl (C=O) groups excluding carboxylic acids is 1. The Labute approximate surface area is 270 Å². The van der Waals surface area contributed by atoms with Crippen molar-refractivity contribution < 1.29 is 37.7 Å². The molecule has 1 spiro atoms. The molecule has 1 saturated heterocycles. The van der Waals surface area contributed by atoms with E-state index in [0.29, 0.717) is 43.5 Å². The molecule has 6 atom stereocenters. The molecule has 2 bridgehead atoms. The molecule has 2 aliphatic heterocycles. The summed E-state index contributed by atoms with van der Waals surface area (Å²) in [5.41, 5.74) is 0.826. The van der Waals surface area contributed by atoms with Crippen molar-refractivity contribution in [1.82, 2.24) is 9.80 Å². The van der Waals surface area contributed by atoms with Crippen LogP contribution in [0.2, 0.25) is 0 Å². The van der Waals surface area contributed by atoms with Gasteiger partial charge in [0.25, 0.3) is 0 Å². The van der Waals surface area contributed by atoms with E-state index in [0.717, 1.165) is 16.7 Å². The van der Waals surface area contributed by atoms with Crippen LogP contribution in [0.3, 0.4) is 0 Å². The van der Waals surface area contributed by atoms with E-state index in [2.05, 4.69) is 15.7 Å². The Morgan fingerprint density at radius 1 is 1.19 bits per heavy atom. The number of ether oxygens (including phenoxy) is 2. The number of halogens is 3. The number of piperidine rings is 1. The number of aliphatic hydroxyl groups is 1. The summed E-state index contributed by atoms with van der Waals surface area (Å²) in [6, 6.07) is 19.9. The highest BCUT2D eigenvalue weighted by Crippen LogP contribution is 2.66. The molecular weight excluding hydrogens is 611 g/mol. The number of likely N-dealkylation sites (N-methyl/N-ethyl adjacent to an activating group) is 1.